The Morgan fingerprint density at radius 3 is 2.55 bits per heavy atom. The number of hydrogen-bond donors (Lipinski definition) is 2. The molecule has 0 radical (unpaired) electrons. The summed E-state index contributed by atoms with van der Waals surface area (Å²) in [4.78, 5) is 0. The second-order valence-electron chi connectivity index (χ2n) is 9.04. The van der Waals surface area contributed by atoms with Crippen molar-refractivity contribution in [1.82, 2.24) is 5.32 Å². The van der Waals surface area contributed by atoms with Crippen LogP contribution in [0, 0.1) is 17.8 Å². The van der Waals surface area contributed by atoms with Crippen LogP contribution < -0.4 is 10.1 Å². The van der Waals surface area contributed by atoms with E-state index in [9.17, 15) is 5.11 Å². The van der Waals surface area contributed by atoms with Gasteiger partial charge < -0.3 is 15.2 Å². The lowest BCUT2D eigenvalue weighted by Gasteiger charge is -2.44. The van der Waals surface area contributed by atoms with Gasteiger partial charge in [0.2, 0.25) is 0 Å². The molecule has 0 aromatic heterocycles. The zero-order chi connectivity index (χ0) is 20.1. The number of fused-ring (bicyclic) bond motifs is 1. The molecule has 29 heavy (non-hydrogen) atoms. The number of aliphatic hydroxyl groups is 1. The van der Waals surface area contributed by atoms with Crippen molar-refractivity contribution in [3.8, 4) is 5.75 Å². The summed E-state index contributed by atoms with van der Waals surface area (Å²) in [5.74, 6) is 3.36. The molecule has 2 aromatic rings. The van der Waals surface area contributed by atoms with Crippen LogP contribution in [0.3, 0.4) is 0 Å². The fourth-order valence-electron chi connectivity index (χ4n) is 5.66. The monoisotopic (exact) mass is 393 g/mol. The maximum atomic E-state index is 9.64. The van der Waals surface area contributed by atoms with Crippen molar-refractivity contribution in [3.05, 3.63) is 65.7 Å². The Kier molecular flexibility index (Phi) is 6.89. The van der Waals surface area contributed by atoms with Gasteiger partial charge >= 0.3 is 0 Å². The minimum absolute atomic E-state index is 0.316. The quantitative estimate of drug-likeness (QED) is 0.710. The summed E-state index contributed by atoms with van der Waals surface area (Å²) in [5, 5.41) is 13.4. The zero-order valence-electron chi connectivity index (χ0n) is 17.6. The van der Waals surface area contributed by atoms with Crippen LogP contribution in [0.1, 0.15) is 49.1 Å². The molecule has 4 unspecified atom stereocenters. The second-order valence-corrected chi connectivity index (χ2v) is 9.04. The Bertz CT molecular complexity index is 745. The highest BCUT2D eigenvalue weighted by molar-refractivity contribution is 5.30. The van der Waals surface area contributed by atoms with E-state index in [4.69, 9.17) is 4.74 Å². The molecular weight excluding hydrogens is 358 g/mol. The average molecular weight is 394 g/mol. The molecule has 1 saturated heterocycles. The number of ether oxygens (including phenoxy) is 1. The number of nitrogens with one attached hydrogen (secondary N) is 1. The number of hydrogen-bond acceptors (Lipinski definition) is 3. The third kappa shape index (κ3) is 5.02. The SMILES string of the molecule is COc1ccc(C(CCc2ccccc2)C2CC[C@H]3NCC(CO)CC3C2)cc1. The summed E-state index contributed by atoms with van der Waals surface area (Å²) in [6.07, 6.45) is 7.34. The Morgan fingerprint density at radius 2 is 1.83 bits per heavy atom. The van der Waals surface area contributed by atoms with Gasteiger partial charge in [-0.25, -0.2) is 0 Å². The Hall–Kier alpha value is -1.84. The number of piperidine rings is 1. The molecule has 1 aliphatic carbocycles. The Balaban J connectivity index is 1.50. The minimum atomic E-state index is 0.316. The molecule has 0 bridgehead atoms. The molecule has 0 spiro atoms. The highest BCUT2D eigenvalue weighted by Crippen LogP contribution is 2.44. The lowest BCUT2D eigenvalue weighted by molar-refractivity contribution is 0.0906. The number of methoxy groups -OCH3 is 1. The van der Waals surface area contributed by atoms with Crippen molar-refractivity contribution in [3.63, 3.8) is 0 Å². The fourth-order valence-corrected chi connectivity index (χ4v) is 5.66. The van der Waals surface area contributed by atoms with Gasteiger partial charge in [-0.2, -0.15) is 0 Å². The van der Waals surface area contributed by atoms with Crippen molar-refractivity contribution >= 4 is 0 Å². The van der Waals surface area contributed by atoms with E-state index in [1.54, 1.807) is 7.11 Å². The number of rotatable bonds is 7. The average Bonchev–Trinajstić information content (AvgIpc) is 2.79. The highest BCUT2D eigenvalue weighted by atomic mass is 16.5. The van der Waals surface area contributed by atoms with Crippen molar-refractivity contribution < 1.29 is 9.84 Å². The van der Waals surface area contributed by atoms with Crippen molar-refractivity contribution in [2.75, 3.05) is 20.3 Å². The predicted molar refractivity (Wildman–Crippen MR) is 118 cm³/mol. The van der Waals surface area contributed by atoms with Crippen LogP contribution in [-0.4, -0.2) is 31.4 Å². The standard InChI is InChI=1S/C26H35NO2/c1-29-24-11-8-21(9-12-24)25(13-7-19-5-3-2-4-6-19)22-10-14-26-23(16-22)15-20(18-28)17-27-26/h2-6,8-9,11-12,20,22-23,25-28H,7,10,13-18H2,1H3/t20?,22?,23?,25?,26-/m1/s1. The van der Waals surface area contributed by atoms with Crippen LogP contribution in [0.2, 0.25) is 0 Å². The second kappa shape index (κ2) is 9.77. The Labute approximate surface area is 175 Å². The largest absolute Gasteiger partial charge is 0.497 e. The third-order valence-corrected chi connectivity index (χ3v) is 7.29. The summed E-state index contributed by atoms with van der Waals surface area (Å²) in [5.41, 5.74) is 2.88. The van der Waals surface area contributed by atoms with Gasteiger partial charge in [0.1, 0.15) is 5.75 Å². The summed E-state index contributed by atoms with van der Waals surface area (Å²) < 4.78 is 5.39. The van der Waals surface area contributed by atoms with E-state index in [-0.39, 0.29) is 0 Å². The summed E-state index contributed by atoms with van der Waals surface area (Å²) >= 11 is 0. The third-order valence-electron chi connectivity index (χ3n) is 7.29. The van der Waals surface area contributed by atoms with Gasteiger partial charge in [-0.1, -0.05) is 42.5 Å². The van der Waals surface area contributed by atoms with Crippen LogP contribution in [0.25, 0.3) is 0 Å². The van der Waals surface area contributed by atoms with E-state index in [2.05, 4.69) is 59.9 Å². The molecule has 3 heteroatoms. The molecule has 2 aliphatic rings. The fraction of sp³-hybridized carbons (Fsp3) is 0.538. The molecule has 1 saturated carbocycles. The normalized spacial score (nSPS) is 27.8. The van der Waals surface area contributed by atoms with Crippen LogP contribution in [0.4, 0.5) is 0 Å². The lowest BCUT2D eigenvalue weighted by Crippen LogP contribution is -2.49. The van der Waals surface area contributed by atoms with Crippen LogP contribution >= 0.6 is 0 Å². The first-order valence-electron chi connectivity index (χ1n) is 11.3. The van der Waals surface area contributed by atoms with Crippen LogP contribution in [0.5, 0.6) is 5.75 Å². The summed E-state index contributed by atoms with van der Waals surface area (Å²) in [6.45, 7) is 1.30. The molecule has 2 aromatic carbocycles. The smallest absolute Gasteiger partial charge is 0.118 e. The molecule has 1 heterocycles. The van der Waals surface area contributed by atoms with Gasteiger partial charge in [-0.3, -0.25) is 0 Å². The van der Waals surface area contributed by atoms with Crippen molar-refractivity contribution in [2.45, 2.75) is 50.5 Å². The van der Waals surface area contributed by atoms with Crippen molar-refractivity contribution in [2.24, 2.45) is 17.8 Å². The van der Waals surface area contributed by atoms with Crippen LogP contribution in [-0.2, 0) is 6.42 Å². The first-order chi connectivity index (χ1) is 14.3. The summed E-state index contributed by atoms with van der Waals surface area (Å²) in [6, 6.07) is 20.3. The van der Waals surface area contributed by atoms with E-state index >= 15 is 0 Å². The maximum Gasteiger partial charge on any atom is 0.118 e. The predicted octanol–water partition coefficient (Wildman–Crippen LogP) is 4.80. The molecular formula is C26H35NO2. The zero-order valence-corrected chi connectivity index (χ0v) is 17.6. The molecule has 5 atom stereocenters. The molecule has 2 N–H and O–H groups in total. The van der Waals surface area contributed by atoms with Crippen molar-refractivity contribution in [1.29, 1.82) is 0 Å². The molecule has 3 nitrogen and oxygen atoms in total. The van der Waals surface area contributed by atoms with Gasteiger partial charge in [0.25, 0.3) is 0 Å². The van der Waals surface area contributed by atoms with E-state index in [1.807, 2.05) is 0 Å². The number of aliphatic hydroxyl groups excluding tert-OH is 1. The van der Waals surface area contributed by atoms with Crippen LogP contribution in [0.15, 0.2) is 54.6 Å². The van der Waals surface area contributed by atoms with E-state index in [0.717, 1.165) is 18.7 Å². The molecule has 4 rings (SSSR count). The molecule has 1 aliphatic heterocycles. The lowest BCUT2D eigenvalue weighted by atomic mass is 9.66. The minimum Gasteiger partial charge on any atom is -0.497 e. The van der Waals surface area contributed by atoms with Gasteiger partial charge in [-0.05, 0) is 85.5 Å². The molecule has 2 fully saturated rings. The van der Waals surface area contributed by atoms with E-state index in [0.29, 0.717) is 36.3 Å². The number of benzene rings is 2. The molecule has 0 amide bonds. The first-order valence-corrected chi connectivity index (χ1v) is 11.3. The topological polar surface area (TPSA) is 41.5 Å². The number of aryl methyl sites for hydroxylation is 1. The summed E-state index contributed by atoms with van der Waals surface area (Å²) in [7, 11) is 1.73. The van der Waals surface area contributed by atoms with E-state index < -0.39 is 0 Å². The highest BCUT2D eigenvalue weighted by Gasteiger charge is 2.38. The first kappa shape index (κ1) is 20.4. The van der Waals surface area contributed by atoms with E-state index in [1.165, 1.54) is 43.2 Å². The van der Waals surface area contributed by atoms with Gasteiger partial charge in [-0.15, -0.1) is 0 Å². The van der Waals surface area contributed by atoms with Gasteiger partial charge in [0.15, 0.2) is 0 Å². The Morgan fingerprint density at radius 1 is 1.03 bits per heavy atom. The maximum absolute atomic E-state index is 9.64. The van der Waals surface area contributed by atoms with Gasteiger partial charge in [0, 0.05) is 19.2 Å². The molecule has 156 valence electrons. The van der Waals surface area contributed by atoms with Gasteiger partial charge in [0.05, 0.1) is 7.11 Å².